The van der Waals surface area contributed by atoms with Gasteiger partial charge in [0.25, 0.3) is 0 Å². The molecule has 0 aromatic rings. The van der Waals surface area contributed by atoms with Crippen LogP contribution in [0.1, 0.15) is 51.9 Å². The van der Waals surface area contributed by atoms with Crippen molar-refractivity contribution in [2.24, 2.45) is 0 Å². The predicted molar refractivity (Wildman–Crippen MR) is 67.7 cm³/mol. The fourth-order valence-corrected chi connectivity index (χ4v) is 1.66. The first kappa shape index (κ1) is 13.7. The molecule has 0 aromatic heterocycles. The van der Waals surface area contributed by atoms with E-state index in [0.29, 0.717) is 6.10 Å². The molecule has 0 radical (unpaired) electrons. The average molecular weight is 226 g/mol. The molecule has 0 N–H and O–H groups in total. The molecule has 1 fully saturated rings. The molecule has 2 heteroatoms. The lowest BCUT2D eigenvalue weighted by molar-refractivity contribution is 0.140. The maximum Gasteiger partial charge on any atom is 0.104 e. The molecule has 16 heavy (non-hydrogen) atoms. The Kier molecular flexibility index (Phi) is 8.45. The van der Waals surface area contributed by atoms with Gasteiger partial charge in [0.15, 0.2) is 0 Å². The van der Waals surface area contributed by atoms with Gasteiger partial charge < -0.3 is 9.47 Å². The summed E-state index contributed by atoms with van der Waals surface area (Å²) < 4.78 is 10.5. The molecule has 1 aliphatic heterocycles. The van der Waals surface area contributed by atoms with Crippen molar-refractivity contribution in [3.05, 3.63) is 12.2 Å². The van der Waals surface area contributed by atoms with Gasteiger partial charge in [-0.05, 0) is 12.8 Å². The second kappa shape index (κ2) is 9.86. The molecule has 1 saturated heterocycles. The fourth-order valence-electron chi connectivity index (χ4n) is 1.66. The van der Waals surface area contributed by atoms with Crippen molar-refractivity contribution >= 4 is 0 Å². The molecule has 1 rings (SSSR count). The number of hydrogen-bond acceptors (Lipinski definition) is 2. The monoisotopic (exact) mass is 226 g/mol. The third-order valence-electron chi connectivity index (χ3n) is 2.81. The van der Waals surface area contributed by atoms with Gasteiger partial charge in [0, 0.05) is 0 Å². The molecule has 0 spiro atoms. The Morgan fingerprint density at radius 1 is 1.12 bits per heavy atom. The molecule has 1 aliphatic rings. The summed E-state index contributed by atoms with van der Waals surface area (Å²) in [4.78, 5) is 0. The van der Waals surface area contributed by atoms with E-state index in [1.54, 1.807) is 0 Å². The lowest BCUT2D eigenvalue weighted by atomic mass is 10.1. The topological polar surface area (TPSA) is 21.8 Å². The number of hydrogen-bond donors (Lipinski definition) is 0. The summed E-state index contributed by atoms with van der Waals surface area (Å²) in [5.74, 6) is 0. The van der Waals surface area contributed by atoms with Gasteiger partial charge in [-0.2, -0.15) is 0 Å². The molecular formula is C14H26O2. The third kappa shape index (κ3) is 8.93. The van der Waals surface area contributed by atoms with Crippen molar-refractivity contribution in [1.82, 2.24) is 0 Å². The van der Waals surface area contributed by atoms with E-state index >= 15 is 0 Å². The van der Waals surface area contributed by atoms with Gasteiger partial charge in [-0.3, -0.25) is 0 Å². The van der Waals surface area contributed by atoms with Crippen LogP contribution < -0.4 is 0 Å². The molecule has 0 saturated carbocycles. The van der Waals surface area contributed by atoms with E-state index in [0.717, 1.165) is 19.8 Å². The van der Waals surface area contributed by atoms with E-state index in [-0.39, 0.29) is 0 Å². The van der Waals surface area contributed by atoms with E-state index < -0.39 is 0 Å². The molecular weight excluding hydrogens is 200 g/mol. The minimum atomic E-state index is 0.395. The van der Waals surface area contributed by atoms with Crippen molar-refractivity contribution < 1.29 is 9.47 Å². The van der Waals surface area contributed by atoms with Gasteiger partial charge in [-0.25, -0.2) is 0 Å². The van der Waals surface area contributed by atoms with Crippen LogP contribution in [0.5, 0.6) is 0 Å². The molecule has 94 valence electrons. The van der Waals surface area contributed by atoms with Gasteiger partial charge in [0.1, 0.15) is 6.10 Å². The minimum absolute atomic E-state index is 0.395. The van der Waals surface area contributed by atoms with Crippen molar-refractivity contribution in [1.29, 1.82) is 0 Å². The quantitative estimate of drug-likeness (QED) is 0.304. The highest BCUT2D eigenvalue weighted by molar-refractivity contribution is 4.81. The molecule has 1 unspecified atom stereocenters. The number of unbranched alkanes of at least 4 members (excludes halogenated alkanes) is 6. The zero-order chi connectivity index (χ0) is 11.5. The van der Waals surface area contributed by atoms with Crippen LogP contribution in [-0.2, 0) is 9.47 Å². The van der Waals surface area contributed by atoms with E-state index in [4.69, 9.17) is 9.47 Å². The summed E-state index contributed by atoms with van der Waals surface area (Å²) in [5, 5.41) is 0. The van der Waals surface area contributed by atoms with Crippen LogP contribution in [0.4, 0.5) is 0 Å². The molecule has 1 atom stereocenters. The average Bonchev–Trinajstić information content (AvgIpc) is 3.10. The Labute approximate surface area is 100 Å². The van der Waals surface area contributed by atoms with Crippen molar-refractivity contribution in [3.8, 4) is 0 Å². The highest BCUT2D eigenvalue weighted by atomic mass is 16.6. The SMILES string of the molecule is CCCCCCCCC=CCOCC1CO1. The number of epoxide rings is 1. The van der Waals surface area contributed by atoms with Gasteiger partial charge in [0.2, 0.25) is 0 Å². The van der Waals surface area contributed by atoms with Crippen LogP contribution in [0.2, 0.25) is 0 Å². The Hall–Kier alpha value is -0.340. The summed E-state index contributed by atoms with van der Waals surface area (Å²) in [7, 11) is 0. The van der Waals surface area contributed by atoms with E-state index in [2.05, 4.69) is 19.1 Å². The maximum absolute atomic E-state index is 5.41. The van der Waals surface area contributed by atoms with Crippen LogP contribution >= 0.6 is 0 Å². The van der Waals surface area contributed by atoms with Gasteiger partial charge in [-0.1, -0.05) is 51.2 Å². The van der Waals surface area contributed by atoms with Crippen LogP contribution in [-0.4, -0.2) is 25.9 Å². The van der Waals surface area contributed by atoms with E-state index in [9.17, 15) is 0 Å². The van der Waals surface area contributed by atoms with Crippen molar-refractivity contribution in [2.75, 3.05) is 19.8 Å². The van der Waals surface area contributed by atoms with Gasteiger partial charge in [0.05, 0.1) is 19.8 Å². The molecule has 1 heterocycles. The predicted octanol–water partition coefficient (Wildman–Crippen LogP) is 3.71. The summed E-state index contributed by atoms with van der Waals surface area (Å²) in [6, 6.07) is 0. The standard InChI is InChI=1S/C14H26O2/c1-2-3-4-5-6-7-8-9-10-11-15-12-14-13-16-14/h9-10,14H,2-8,11-13H2,1H3. The Bertz CT molecular complexity index is 174. The summed E-state index contributed by atoms with van der Waals surface area (Å²) in [6.07, 6.45) is 14.2. The largest absolute Gasteiger partial charge is 0.375 e. The number of ether oxygens (including phenoxy) is 2. The van der Waals surface area contributed by atoms with Gasteiger partial charge >= 0.3 is 0 Å². The second-order valence-electron chi connectivity index (χ2n) is 4.52. The zero-order valence-electron chi connectivity index (χ0n) is 10.6. The molecule has 0 aromatic carbocycles. The second-order valence-corrected chi connectivity index (χ2v) is 4.52. The Morgan fingerprint density at radius 2 is 1.88 bits per heavy atom. The lowest BCUT2D eigenvalue weighted by Gasteiger charge is -1.98. The Balaban J connectivity index is 1.70. The van der Waals surface area contributed by atoms with Crippen LogP contribution in [0.3, 0.4) is 0 Å². The zero-order valence-corrected chi connectivity index (χ0v) is 10.6. The first-order valence-electron chi connectivity index (χ1n) is 6.78. The molecule has 0 bridgehead atoms. The van der Waals surface area contributed by atoms with E-state index in [1.807, 2.05) is 0 Å². The normalized spacial score (nSPS) is 19.4. The lowest BCUT2D eigenvalue weighted by Crippen LogP contribution is -2.00. The summed E-state index contributed by atoms with van der Waals surface area (Å²) in [6.45, 7) is 4.66. The summed E-state index contributed by atoms with van der Waals surface area (Å²) >= 11 is 0. The number of allylic oxidation sites excluding steroid dienone is 1. The highest BCUT2D eigenvalue weighted by Gasteiger charge is 2.21. The third-order valence-corrected chi connectivity index (χ3v) is 2.81. The maximum atomic E-state index is 5.41. The van der Waals surface area contributed by atoms with Crippen LogP contribution in [0.15, 0.2) is 12.2 Å². The van der Waals surface area contributed by atoms with Gasteiger partial charge in [-0.15, -0.1) is 0 Å². The van der Waals surface area contributed by atoms with Crippen LogP contribution in [0, 0.1) is 0 Å². The Morgan fingerprint density at radius 3 is 2.62 bits per heavy atom. The molecule has 0 amide bonds. The van der Waals surface area contributed by atoms with Crippen LogP contribution in [0.25, 0.3) is 0 Å². The molecule has 2 nitrogen and oxygen atoms in total. The van der Waals surface area contributed by atoms with Crippen molar-refractivity contribution in [3.63, 3.8) is 0 Å². The first-order valence-corrected chi connectivity index (χ1v) is 6.78. The fraction of sp³-hybridized carbons (Fsp3) is 0.857. The smallest absolute Gasteiger partial charge is 0.104 e. The number of rotatable bonds is 11. The highest BCUT2D eigenvalue weighted by Crippen LogP contribution is 2.09. The minimum Gasteiger partial charge on any atom is -0.375 e. The summed E-state index contributed by atoms with van der Waals surface area (Å²) in [5.41, 5.74) is 0. The van der Waals surface area contributed by atoms with E-state index in [1.165, 1.54) is 44.9 Å². The molecule has 0 aliphatic carbocycles. The first-order chi connectivity index (χ1) is 7.93. The van der Waals surface area contributed by atoms with Crippen molar-refractivity contribution in [2.45, 2.75) is 58.0 Å².